The molecule has 2 heteroatoms. The van der Waals surface area contributed by atoms with Gasteiger partial charge in [-0.05, 0) is 72.5 Å². The van der Waals surface area contributed by atoms with E-state index in [1.807, 2.05) is 24.3 Å². The van der Waals surface area contributed by atoms with Gasteiger partial charge in [0.1, 0.15) is 0 Å². The largest absolute Gasteiger partial charge is 0.372 e. The average molecular weight is 334 g/mol. The van der Waals surface area contributed by atoms with Crippen LogP contribution in [0, 0.1) is 12.3 Å². The van der Waals surface area contributed by atoms with E-state index < -0.39 is 0 Å². The van der Waals surface area contributed by atoms with Crippen LogP contribution in [0.1, 0.15) is 30.5 Å². The number of allylic oxidation sites excluding steroid dienone is 3. The second-order valence-electron chi connectivity index (χ2n) is 5.76. The Hall–Kier alpha value is -2.43. The van der Waals surface area contributed by atoms with Crippen LogP contribution in [0.5, 0.6) is 0 Å². The SMILES string of the molecule is C#CC1=CC(=Cc2ccc(Cl)cc2)c2ccc(N(CC)CC)cc21. The lowest BCUT2D eigenvalue weighted by Gasteiger charge is -2.22. The van der Waals surface area contributed by atoms with E-state index in [9.17, 15) is 0 Å². The number of hydrogen-bond acceptors (Lipinski definition) is 1. The van der Waals surface area contributed by atoms with E-state index >= 15 is 0 Å². The Bertz CT molecular complexity index is 847. The maximum atomic E-state index is 5.97. The monoisotopic (exact) mass is 333 g/mol. The molecular weight excluding hydrogens is 314 g/mol. The number of halogens is 1. The van der Waals surface area contributed by atoms with E-state index in [4.69, 9.17) is 18.0 Å². The normalized spacial score (nSPS) is 14.2. The molecule has 0 unspecified atom stereocenters. The van der Waals surface area contributed by atoms with Crippen molar-refractivity contribution >= 4 is 34.5 Å². The summed E-state index contributed by atoms with van der Waals surface area (Å²) >= 11 is 5.97. The highest BCUT2D eigenvalue weighted by Gasteiger charge is 2.18. The van der Waals surface area contributed by atoms with Crippen LogP contribution in [0.4, 0.5) is 5.69 Å². The molecule has 0 radical (unpaired) electrons. The first-order valence-corrected chi connectivity index (χ1v) is 8.59. The first-order chi connectivity index (χ1) is 11.7. The number of nitrogens with zero attached hydrogens (tertiary/aromatic N) is 1. The van der Waals surface area contributed by atoms with Crippen LogP contribution in [0.25, 0.3) is 17.2 Å². The van der Waals surface area contributed by atoms with Crippen LogP contribution in [-0.4, -0.2) is 13.1 Å². The lowest BCUT2D eigenvalue weighted by atomic mass is 10.0. The third-order valence-corrected chi connectivity index (χ3v) is 4.63. The molecule has 0 spiro atoms. The molecule has 24 heavy (non-hydrogen) atoms. The van der Waals surface area contributed by atoms with Gasteiger partial charge in [-0.3, -0.25) is 0 Å². The molecule has 1 nitrogen and oxygen atoms in total. The summed E-state index contributed by atoms with van der Waals surface area (Å²) in [7, 11) is 0. The molecule has 0 heterocycles. The van der Waals surface area contributed by atoms with Crippen LogP contribution >= 0.6 is 11.6 Å². The molecule has 1 aliphatic rings. The summed E-state index contributed by atoms with van der Waals surface area (Å²) in [4.78, 5) is 2.33. The highest BCUT2D eigenvalue weighted by atomic mass is 35.5. The van der Waals surface area contributed by atoms with Gasteiger partial charge in [-0.25, -0.2) is 0 Å². The van der Waals surface area contributed by atoms with E-state index in [1.54, 1.807) is 0 Å². The molecule has 0 atom stereocenters. The molecule has 0 bridgehead atoms. The molecule has 0 fully saturated rings. The van der Waals surface area contributed by atoms with Crippen molar-refractivity contribution in [3.63, 3.8) is 0 Å². The van der Waals surface area contributed by atoms with Gasteiger partial charge in [-0.15, -0.1) is 6.42 Å². The molecule has 2 aromatic rings. The van der Waals surface area contributed by atoms with Gasteiger partial charge in [0.15, 0.2) is 0 Å². The Balaban J connectivity index is 2.05. The number of benzene rings is 2. The van der Waals surface area contributed by atoms with Crippen LogP contribution in [0.15, 0.2) is 48.5 Å². The lowest BCUT2D eigenvalue weighted by molar-refractivity contribution is 0.866. The molecule has 0 aliphatic heterocycles. The Morgan fingerprint density at radius 2 is 1.75 bits per heavy atom. The molecule has 0 saturated carbocycles. The van der Waals surface area contributed by atoms with Crippen molar-refractivity contribution < 1.29 is 0 Å². The number of hydrogen-bond donors (Lipinski definition) is 0. The van der Waals surface area contributed by atoms with Gasteiger partial charge in [0.25, 0.3) is 0 Å². The van der Waals surface area contributed by atoms with Gasteiger partial charge in [0.2, 0.25) is 0 Å². The van der Waals surface area contributed by atoms with E-state index in [0.29, 0.717) is 0 Å². The molecule has 0 amide bonds. The molecule has 120 valence electrons. The van der Waals surface area contributed by atoms with E-state index in [1.165, 1.54) is 11.3 Å². The summed E-state index contributed by atoms with van der Waals surface area (Å²) in [5, 5.41) is 0.743. The summed E-state index contributed by atoms with van der Waals surface area (Å²) in [6.45, 7) is 6.30. The highest BCUT2D eigenvalue weighted by Crippen LogP contribution is 2.38. The van der Waals surface area contributed by atoms with E-state index in [-0.39, 0.29) is 0 Å². The third-order valence-electron chi connectivity index (χ3n) is 4.38. The Morgan fingerprint density at radius 1 is 1.04 bits per heavy atom. The number of rotatable bonds is 4. The van der Waals surface area contributed by atoms with Crippen LogP contribution in [-0.2, 0) is 0 Å². The summed E-state index contributed by atoms with van der Waals surface area (Å²) in [5.41, 5.74) is 6.75. The lowest BCUT2D eigenvalue weighted by Crippen LogP contribution is -2.21. The van der Waals surface area contributed by atoms with Crippen LogP contribution < -0.4 is 4.90 Å². The second kappa shape index (κ2) is 6.99. The van der Waals surface area contributed by atoms with Crippen molar-refractivity contribution in [1.29, 1.82) is 0 Å². The van der Waals surface area contributed by atoms with Gasteiger partial charge in [-0.1, -0.05) is 35.7 Å². The summed E-state index contributed by atoms with van der Waals surface area (Å²) < 4.78 is 0. The zero-order valence-corrected chi connectivity index (χ0v) is 14.8. The molecule has 2 aromatic carbocycles. The predicted molar refractivity (Wildman–Crippen MR) is 106 cm³/mol. The quantitative estimate of drug-likeness (QED) is 0.643. The van der Waals surface area contributed by atoms with Gasteiger partial charge < -0.3 is 4.90 Å². The molecular formula is C22H20ClN. The van der Waals surface area contributed by atoms with Crippen molar-refractivity contribution in [2.45, 2.75) is 13.8 Å². The Kier molecular flexibility index (Phi) is 4.79. The predicted octanol–water partition coefficient (Wildman–Crippen LogP) is 5.76. The molecule has 0 N–H and O–H groups in total. The molecule has 3 rings (SSSR count). The van der Waals surface area contributed by atoms with Gasteiger partial charge >= 0.3 is 0 Å². The number of fused-ring (bicyclic) bond motifs is 1. The standard InChI is InChI=1S/C22H20ClN/c1-4-17-14-18(13-16-7-9-19(23)10-8-16)21-12-11-20(15-22(17)21)24(5-2)6-3/h1,7-15H,5-6H2,2-3H3. The Labute approximate surface area is 149 Å². The summed E-state index contributed by atoms with van der Waals surface area (Å²) in [5.74, 6) is 2.83. The summed E-state index contributed by atoms with van der Waals surface area (Å²) in [6.07, 6.45) is 9.98. The second-order valence-corrected chi connectivity index (χ2v) is 6.19. The van der Waals surface area contributed by atoms with Crippen LogP contribution in [0.2, 0.25) is 5.02 Å². The van der Waals surface area contributed by atoms with Crippen molar-refractivity contribution in [2.24, 2.45) is 0 Å². The van der Waals surface area contributed by atoms with E-state index in [2.05, 4.69) is 55.0 Å². The molecule has 0 saturated heterocycles. The van der Waals surface area contributed by atoms with Crippen molar-refractivity contribution in [2.75, 3.05) is 18.0 Å². The fourth-order valence-corrected chi connectivity index (χ4v) is 3.21. The maximum Gasteiger partial charge on any atom is 0.0406 e. The first-order valence-electron chi connectivity index (χ1n) is 8.21. The summed E-state index contributed by atoms with van der Waals surface area (Å²) in [6, 6.07) is 14.4. The van der Waals surface area contributed by atoms with Gasteiger partial charge in [-0.2, -0.15) is 0 Å². The minimum atomic E-state index is 0.743. The van der Waals surface area contributed by atoms with Crippen molar-refractivity contribution in [1.82, 2.24) is 0 Å². The molecule has 1 aliphatic carbocycles. The van der Waals surface area contributed by atoms with E-state index in [0.717, 1.165) is 40.4 Å². The zero-order valence-electron chi connectivity index (χ0n) is 14.0. The highest BCUT2D eigenvalue weighted by molar-refractivity contribution is 6.30. The van der Waals surface area contributed by atoms with Crippen molar-refractivity contribution in [3.05, 3.63) is 70.3 Å². The van der Waals surface area contributed by atoms with Gasteiger partial charge in [0, 0.05) is 29.4 Å². The van der Waals surface area contributed by atoms with Crippen molar-refractivity contribution in [3.8, 4) is 12.3 Å². The zero-order chi connectivity index (χ0) is 17.1. The number of anilines is 1. The minimum Gasteiger partial charge on any atom is -0.372 e. The molecule has 0 aromatic heterocycles. The minimum absolute atomic E-state index is 0.743. The fourth-order valence-electron chi connectivity index (χ4n) is 3.08. The topological polar surface area (TPSA) is 3.24 Å². The first kappa shape index (κ1) is 16.4. The average Bonchev–Trinajstić information content (AvgIpc) is 2.95. The smallest absolute Gasteiger partial charge is 0.0406 e. The van der Waals surface area contributed by atoms with Crippen LogP contribution in [0.3, 0.4) is 0 Å². The van der Waals surface area contributed by atoms with Gasteiger partial charge in [0.05, 0.1) is 0 Å². The number of terminal acetylenes is 1. The fraction of sp³-hybridized carbons (Fsp3) is 0.182. The maximum absolute atomic E-state index is 5.97. The third kappa shape index (κ3) is 3.11. The Morgan fingerprint density at radius 3 is 2.38 bits per heavy atom.